The van der Waals surface area contributed by atoms with Crippen LogP contribution in [0.25, 0.3) is 5.76 Å². The molecule has 4 rings (SSSR count). The molecule has 3 aromatic carbocycles. The van der Waals surface area contributed by atoms with Crippen molar-refractivity contribution in [1.29, 1.82) is 0 Å². The van der Waals surface area contributed by atoms with Gasteiger partial charge in [0.05, 0.1) is 18.7 Å². The van der Waals surface area contributed by atoms with Crippen molar-refractivity contribution < 1.29 is 32.6 Å². The summed E-state index contributed by atoms with van der Waals surface area (Å²) in [6.07, 6.45) is 0. The van der Waals surface area contributed by atoms with Gasteiger partial charge in [0.25, 0.3) is 11.7 Å². The summed E-state index contributed by atoms with van der Waals surface area (Å²) in [7, 11) is 1.53. The molecule has 0 spiro atoms. The van der Waals surface area contributed by atoms with E-state index in [4.69, 9.17) is 4.74 Å². The second-order valence-corrected chi connectivity index (χ2v) is 8.88. The van der Waals surface area contributed by atoms with E-state index in [0.29, 0.717) is 22.4 Å². The zero-order valence-electron chi connectivity index (χ0n) is 20.1. The molecule has 1 saturated heterocycles. The molecule has 1 fully saturated rings. The number of rotatable bonds is 5. The van der Waals surface area contributed by atoms with Crippen molar-refractivity contribution in [2.24, 2.45) is 0 Å². The molecule has 0 radical (unpaired) electrons. The average molecular weight is 495 g/mol. The molecule has 5 nitrogen and oxygen atoms in total. The van der Waals surface area contributed by atoms with E-state index in [9.17, 15) is 27.9 Å². The van der Waals surface area contributed by atoms with Crippen LogP contribution in [0.15, 0.2) is 60.2 Å². The summed E-state index contributed by atoms with van der Waals surface area (Å²) in [6, 6.07) is 10.0. The first-order chi connectivity index (χ1) is 17.0. The lowest BCUT2D eigenvalue weighted by Crippen LogP contribution is -2.29. The van der Waals surface area contributed by atoms with Crippen molar-refractivity contribution in [2.45, 2.75) is 32.7 Å². The standard InChI is InChI=1S/C28H24F3NO4/c1-14(2)19-13-20(15(3)11-23(19)36-4)26(33)24-25(16-5-7-17(29)8-6-16)32(28(35)27(24)34)18-9-10-21(30)22(31)12-18/h5-14,25,33H,1-4H3/b26-24+. The first kappa shape index (κ1) is 25.0. The number of nitrogens with zero attached hydrogens (tertiary/aromatic N) is 1. The third-order valence-electron chi connectivity index (χ3n) is 6.27. The minimum absolute atomic E-state index is 0.0181. The maximum absolute atomic E-state index is 14.1. The number of aliphatic hydroxyl groups excluding tert-OH is 1. The molecule has 3 aromatic rings. The van der Waals surface area contributed by atoms with Crippen molar-refractivity contribution in [2.75, 3.05) is 12.0 Å². The Morgan fingerprint density at radius 3 is 2.22 bits per heavy atom. The number of carbonyl (C=O) groups is 2. The fourth-order valence-corrected chi connectivity index (χ4v) is 4.42. The zero-order chi connectivity index (χ0) is 26.3. The highest BCUT2D eigenvalue weighted by Crippen LogP contribution is 2.43. The number of Topliss-reactive ketones (excluding diaryl/α,β-unsaturated/α-hetero) is 1. The molecule has 8 heteroatoms. The number of hydrogen-bond donors (Lipinski definition) is 1. The van der Waals surface area contributed by atoms with E-state index in [2.05, 4.69) is 0 Å². The molecule has 1 amide bonds. The van der Waals surface area contributed by atoms with Crippen molar-refractivity contribution in [1.82, 2.24) is 0 Å². The number of ketones is 1. The van der Waals surface area contributed by atoms with Crippen LogP contribution < -0.4 is 9.64 Å². The van der Waals surface area contributed by atoms with Crippen LogP contribution in [0.5, 0.6) is 5.75 Å². The molecule has 1 unspecified atom stereocenters. The van der Waals surface area contributed by atoms with E-state index >= 15 is 0 Å². The van der Waals surface area contributed by atoms with Gasteiger partial charge in [-0.25, -0.2) is 13.2 Å². The van der Waals surface area contributed by atoms with E-state index in [1.807, 2.05) is 13.8 Å². The fraction of sp³-hybridized carbons (Fsp3) is 0.214. The van der Waals surface area contributed by atoms with Gasteiger partial charge in [0.1, 0.15) is 17.3 Å². The lowest BCUT2D eigenvalue weighted by molar-refractivity contribution is -0.132. The van der Waals surface area contributed by atoms with Crippen LogP contribution in [-0.4, -0.2) is 23.9 Å². The highest BCUT2D eigenvalue weighted by Gasteiger charge is 2.47. The van der Waals surface area contributed by atoms with Gasteiger partial charge in [0.15, 0.2) is 11.6 Å². The van der Waals surface area contributed by atoms with E-state index in [-0.39, 0.29) is 17.2 Å². The Balaban J connectivity index is 1.99. The Morgan fingerprint density at radius 2 is 1.64 bits per heavy atom. The van der Waals surface area contributed by atoms with E-state index in [1.54, 1.807) is 19.1 Å². The summed E-state index contributed by atoms with van der Waals surface area (Å²) >= 11 is 0. The molecule has 1 atom stereocenters. The number of aliphatic hydroxyl groups is 1. The van der Waals surface area contributed by atoms with Crippen molar-refractivity contribution >= 4 is 23.1 Å². The van der Waals surface area contributed by atoms with Gasteiger partial charge in [-0.3, -0.25) is 14.5 Å². The summed E-state index contributed by atoms with van der Waals surface area (Å²) in [5, 5.41) is 11.4. The third kappa shape index (κ3) is 4.23. The van der Waals surface area contributed by atoms with Crippen LogP contribution in [0.1, 0.15) is 48.1 Å². The summed E-state index contributed by atoms with van der Waals surface area (Å²) in [5.74, 6) is -4.73. The second kappa shape index (κ2) is 9.53. The van der Waals surface area contributed by atoms with E-state index < -0.39 is 40.9 Å². The summed E-state index contributed by atoms with van der Waals surface area (Å²) in [4.78, 5) is 27.4. The Hall–Kier alpha value is -4.07. The monoisotopic (exact) mass is 495 g/mol. The third-order valence-corrected chi connectivity index (χ3v) is 6.27. The van der Waals surface area contributed by atoms with Crippen molar-refractivity contribution in [3.63, 3.8) is 0 Å². The van der Waals surface area contributed by atoms with Crippen LogP contribution in [0.3, 0.4) is 0 Å². The first-order valence-corrected chi connectivity index (χ1v) is 11.3. The molecule has 36 heavy (non-hydrogen) atoms. The van der Waals surface area contributed by atoms with Crippen LogP contribution in [0.2, 0.25) is 0 Å². The predicted octanol–water partition coefficient (Wildman–Crippen LogP) is 6.17. The SMILES string of the molecule is COc1cc(C)c(/C(O)=C2\C(=O)C(=O)N(c3ccc(F)c(F)c3)C2c2ccc(F)cc2)cc1C(C)C. The minimum Gasteiger partial charge on any atom is -0.507 e. The Kier molecular flexibility index (Phi) is 6.63. The predicted molar refractivity (Wildman–Crippen MR) is 129 cm³/mol. The zero-order valence-corrected chi connectivity index (χ0v) is 20.1. The number of carbonyl (C=O) groups excluding carboxylic acids is 2. The molecule has 0 aliphatic carbocycles. The summed E-state index contributed by atoms with van der Waals surface area (Å²) in [5.41, 5.74) is 1.65. The second-order valence-electron chi connectivity index (χ2n) is 8.88. The van der Waals surface area contributed by atoms with Gasteiger partial charge in [-0.05, 0) is 65.9 Å². The van der Waals surface area contributed by atoms with Gasteiger partial charge in [0.2, 0.25) is 0 Å². The van der Waals surface area contributed by atoms with Gasteiger partial charge in [-0.1, -0.05) is 26.0 Å². The van der Waals surface area contributed by atoms with Gasteiger partial charge in [-0.2, -0.15) is 0 Å². The van der Waals surface area contributed by atoms with Gasteiger partial charge in [-0.15, -0.1) is 0 Å². The molecule has 1 aliphatic rings. The number of anilines is 1. The molecular formula is C28H24F3NO4. The number of benzene rings is 3. The van der Waals surface area contributed by atoms with E-state index in [0.717, 1.165) is 40.8 Å². The minimum atomic E-state index is -1.21. The van der Waals surface area contributed by atoms with Crippen molar-refractivity contribution in [3.05, 3.63) is 99.9 Å². The molecule has 186 valence electrons. The molecule has 0 bridgehead atoms. The summed E-state index contributed by atoms with van der Waals surface area (Å²) < 4.78 is 46.8. The number of amides is 1. The summed E-state index contributed by atoms with van der Waals surface area (Å²) in [6.45, 7) is 5.61. The number of ether oxygens (including phenoxy) is 1. The highest BCUT2D eigenvalue weighted by atomic mass is 19.2. The fourth-order valence-electron chi connectivity index (χ4n) is 4.42. The average Bonchev–Trinajstić information content (AvgIpc) is 3.10. The maximum Gasteiger partial charge on any atom is 0.300 e. The smallest absolute Gasteiger partial charge is 0.300 e. The first-order valence-electron chi connectivity index (χ1n) is 11.3. The van der Waals surface area contributed by atoms with Crippen molar-refractivity contribution in [3.8, 4) is 5.75 Å². The quantitative estimate of drug-likeness (QED) is 0.261. The largest absolute Gasteiger partial charge is 0.507 e. The lowest BCUT2D eigenvalue weighted by atomic mass is 9.91. The van der Waals surface area contributed by atoms with Crippen LogP contribution in [0.4, 0.5) is 18.9 Å². The number of methoxy groups -OCH3 is 1. The molecular weight excluding hydrogens is 471 g/mol. The lowest BCUT2D eigenvalue weighted by Gasteiger charge is -2.26. The van der Waals surface area contributed by atoms with Crippen LogP contribution in [-0.2, 0) is 9.59 Å². The highest BCUT2D eigenvalue weighted by molar-refractivity contribution is 6.51. The van der Waals surface area contributed by atoms with Gasteiger partial charge < -0.3 is 9.84 Å². The number of hydrogen-bond acceptors (Lipinski definition) is 4. The Bertz CT molecular complexity index is 1400. The number of halogens is 3. The maximum atomic E-state index is 14.1. The molecule has 1 N–H and O–H groups in total. The molecule has 0 saturated carbocycles. The molecule has 1 aliphatic heterocycles. The van der Waals surface area contributed by atoms with Gasteiger partial charge >= 0.3 is 0 Å². The van der Waals surface area contributed by atoms with E-state index in [1.165, 1.54) is 19.2 Å². The topological polar surface area (TPSA) is 66.8 Å². The molecule has 0 aromatic heterocycles. The Labute approximate surface area is 206 Å². The van der Waals surface area contributed by atoms with Gasteiger partial charge in [0, 0.05) is 17.3 Å². The normalized spacial score (nSPS) is 17.2. The van der Waals surface area contributed by atoms with Crippen LogP contribution in [0, 0.1) is 24.4 Å². The number of aryl methyl sites for hydroxylation is 1. The Morgan fingerprint density at radius 1 is 0.972 bits per heavy atom. The van der Waals surface area contributed by atoms with Crippen LogP contribution >= 0.6 is 0 Å². The molecule has 1 heterocycles.